The zero-order valence-electron chi connectivity index (χ0n) is 6.83. The molecule has 2 nitrogen and oxygen atoms in total. The predicted molar refractivity (Wildman–Crippen MR) is 43.0 cm³/mol. The molecular weight excluding hydrogens is 218 g/mol. The van der Waals surface area contributed by atoms with Crippen LogP contribution >= 0.6 is 0 Å². The number of carbonyl (C=O) groups excluding carboxylic acids is 1. The van der Waals surface area contributed by atoms with Gasteiger partial charge >= 0.3 is 5.91 Å². The number of carbonyl (C=O) groups is 1. The average molecular weight is 228 g/mol. The highest BCUT2D eigenvalue weighted by molar-refractivity contribution is 5.63. The third-order valence-corrected chi connectivity index (χ3v) is 1.45. The fraction of sp³-hybridized carbons (Fsp3) is 0.111. The molecular formula is C9H10BrNO. The number of pyridine rings is 1. The minimum absolute atomic E-state index is 0. The second-order valence-corrected chi connectivity index (χ2v) is 2.26. The van der Waals surface area contributed by atoms with Crippen LogP contribution in [0.4, 0.5) is 0 Å². The lowest BCUT2D eigenvalue weighted by molar-refractivity contribution is -0.572. The van der Waals surface area contributed by atoms with Gasteiger partial charge in [-0.25, -0.2) is 4.79 Å². The largest absolute Gasteiger partial charge is 1.00 e. The molecule has 1 aromatic rings. The molecule has 0 atom stereocenters. The van der Waals surface area contributed by atoms with Crippen LogP contribution in [0.2, 0.25) is 0 Å². The molecule has 0 bridgehead atoms. The van der Waals surface area contributed by atoms with Gasteiger partial charge in [-0.15, -0.1) is 4.57 Å². The Bertz CT molecular complexity index is 279. The fourth-order valence-electron chi connectivity index (χ4n) is 0.784. The van der Waals surface area contributed by atoms with Crippen LogP contribution < -0.4 is 21.5 Å². The lowest BCUT2D eigenvalue weighted by Crippen LogP contribution is -3.00. The van der Waals surface area contributed by atoms with Gasteiger partial charge in [0.25, 0.3) is 0 Å². The maximum Gasteiger partial charge on any atom is 0.389 e. The second-order valence-electron chi connectivity index (χ2n) is 2.26. The Hall–Kier alpha value is -0.960. The summed E-state index contributed by atoms with van der Waals surface area (Å²) in [6, 6.07) is 3.68. The van der Waals surface area contributed by atoms with Crippen LogP contribution in [0.25, 0.3) is 6.08 Å². The molecule has 0 aliphatic heterocycles. The molecule has 0 aromatic carbocycles. The molecule has 1 rings (SSSR count). The van der Waals surface area contributed by atoms with Gasteiger partial charge in [-0.1, -0.05) is 12.7 Å². The fourth-order valence-corrected chi connectivity index (χ4v) is 0.784. The lowest BCUT2D eigenvalue weighted by atomic mass is 10.3. The van der Waals surface area contributed by atoms with Gasteiger partial charge in [-0.2, -0.15) is 0 Å². The summed E-state index contributed by atoms with van der Waals surface area (Å²) < 4.78 is 1.52. The maximum absolute atomic E-state index is 10.8. The number of nitrogens with zero attached hydrogens (tertiary/aromatic N) is 1. The molecule has 0 N–H and O–H groups in total. The molecule has 64 valence electrons. The third-order valence-electron chi connectivity index (χ3n) is 1.45. The minimum Gasteiger partial charge on any atom is -1.00 e. The highest BCUT2D eigenvalue weighted by Gasteiger charge is 2.03. The summed E-state index contributed by atoms with van der Waals surface area (Å²) in [6.45, 7) is 5.13. The van der Waals surface area contributed by atoms with E-state index in [9.17, 15) is 4.79 Å². The first-order valence-electron chi connectivity index (χ1n) is 3.39. The molecule has 0 aliphatic rings. The van der Waals surface area contributed by atoms with Gasteiger partial charge < -0.3 is 17.0 Å². The van der Waals surface area contributed by atoms with Gasteiger partial charge in [0.15, 0.2) is 12.4 Å². The lowest BCUT2D eigenvalue weighted by Gasteiger charge is -1.89. The highest BCUT2D eigenvalue weighted by atomic mass is 79.9. The van der Waals surface area contributed by atoms with E-state index in [2.05, 4.69) is 6.58 Å². The summed E-state index contributed by atoms with van der Waals surface area (Å²) in [5.74, 6) is 0.0145. The van der Waals surface area contributed by atoms with E-state index in [1.807, 2.05) is 12.1 Å². The molecule has 0 radical (unpaired) electrons. The Morgan fingerprint density at radius 3 is 2.33 bits per heavy atom. The summed E-state index contributed by atoms with van der Waals surface area (Å²) in [4.78, 5) is 10.8. The van der Waals surface area contributed by atoms with Gasteiger partial charge in [-0.3, -0.25) is 0 Å². The molecule has 0 saturated carbocycles. The molecule has 3 heteroatoms. The Kier molecular flexibility index (Phi) is 4.44. The normalized spacial score (nSPS) is 8.42. The van der Waals surface area contributed by atoms with Crippen molar-refractivity contribution >= 4 is 12.0 Å². The third kappa shape index (κ3) is 2.58. The van der Waals surface area contributed by atoms with E-state index in [0.29, 0.717) is 0 Å². The van der Waals surface area contributed by atoms with Crippen LogP contribution in [0, 0.1) is 0 Å². The van der Waals surface area contributed by atoms with E-state index in [0.717, 1.165) is 5.56 Å². The van der Waals surface area contributed by atoms with Crippen molar-refractivity contribution in [3.8, 4) is 0 Å². The molecule has 1 aromatic heterocycles. The number of aromatic nitrogens is 1. The summed E-state index contributed by atoms with van der Waals surface area (Å²) in [5.41, 5.74) is 1.02. The Labute approximate surface area is 82.3 Å². The Morgan fingerprint density at radius 1 is 1.50 bits per heavy atom. The van der Waals surface area contributed by atoms with Crippen molar-refractivity contribution in [2.24, 2.45) is 0 Å². The van der Waals surface area contributed by atoms with Crippen LogP contribution in [0.15, 0.2) is 31.1 Å². The van der Waals surface area contributed by atoms with Crippen molar-refractivity contribution in [3.05, 3.63) is 36.7 Å². The van der Waals surface area contributed by atoms with E-state index < -0.39 is 0 Å². The van der Waals surface area contributed by atoms with Crippen molar-refractivity contribution in [1.29, 1.82) is 0 Å². The molecule has 0 amide bonds. The van der Waals surface area contributed by atoms with Crippen molar-refractivity contribution in [2.75, 3.05) is 0 Å². The van der Waals surface area contributed by atoms with E-state index in [4.69, 9.17) is 0 Å². The number of hydrogen-bond acceptors (Lipinski definition) is 1. The molecule has 0 unspecified atom stereocenters. The first-order chi connectivity index (χ1) is 5.24. The molecule has 0 saturated heterocycles. The van der Waals surface area contributed by atoms with Crippen molar-refractivity contribution < 1.29 is 26.3 Å². The van der Waals surface area contributed by atoms with Crippen LogP contribution in [-0.4, -0.2) is 5.91 Å². The Balaban J connectivity index is 0.00000121. The van der Waals surface area contributed by atoms with Crippen LogP contribution in [0.1, 0.15) is 17.3 Å². The summed E-state index contributed by atoms with van der Waals surface area (Å²) in [5, 5.41) is 0. The standard InChI is InChI=1S/C9H10NO.BrH/c1-3-9-4-6-10(7-5-9)8(2)11;/h3-7H,1H2,2H3;1H/q+1;/p-1. The van der Waals surface area contributed by atoms with Gasteiger partial charge in [0, 0.05) is 12.1 Å². The summed E-state index contributed by atoms with van der Waals surface area (Å²) in [6.07, 6.45) is 5.18. The van der Waals surface area contributed by atoms with Gasteiger partial charge in [0.05, 0.1) is 6.92 Å². The van der Waals surface area contributed by atoms with Gasteiger partial charge in [0.1, 0.15) is 0 Å². The predicted octanol–water partition coefficient (Wildman–Crippen LogP) is -1.72. The zero-order chi connectivity index (χ0) is 8.27. The SMILES string of the molecule is C=Cc1cc[n+](C(C)=O)cc1.[Br-]. The molecule has 0 fully saturated rings. The van der Waals surface area contributed by atoms with E-state index in [1.165, 1.54) is 11.5 Å². The van der Waals surface area contributed by atoms with Crippen LogP contribution in [-0.2, 0) is 0 Å². The number of hydrogen-bond donors (Lipinski definition) is 0. The second kappa shape index (κ2) is 4.83. The quantitative estimate of drug-likeness (QED) is 0.524. The first kappa shape index (κ1) is 11.0. The molecule has 12 heavy (non-hydrogen) atoms. The van der Waals surface area contributed by atoms with Gasteiger partial charge in [0.2, 0.25) is 0 Å². The van der Waals surface area contributed by atoms with Crippen LogP contribution in [0.5, 0.6) is 0 Å². The molecule has 1 heterocycles. The average Bonchev–Trinajstić information content (AvgIpc) is 2.05. The van der Waals surface area contributed by atoms with E-state index in [-0.39, 0.29) is 22.9 Å². The molecule has 0 spiro atoms. The van der Waals surface area contributed by atoms with Crippen molar-refractivity contribution in [3.63, 3.8) is 0 Å². The summed E-state index contributed by atoms with van der Waals surface area (Å²) in [7, 11) is 0. The van der Waals surface area contributed by atoms with E-state index >= 15 is 0 Å². The van der Waals surface area contributed by atoms with Gasteiger partial charge in [-0.05, 0) is 5.56 Å². The monoisotopic (exact) mass is 227 g/mol. The number of halogens is 1. The summed E-state index contributed by atoms with van der Waals surface area (Å²) >= 11 is 0. The van der Waals surface area contributed by atoms with E-state index in [1.54, 1.807) is 18.5 Å². The first-order valence-corrected chi connectivity index (χ1v) is 3.39. The van der Waals surface area contributed by atoms with Crippen molar-refractivity contribution in [1.82, 2.24) is 0 Å². The maximum atomic E-state index is 10.8. The van der Waals surface area contributed by atoms with Crippen molar-refractivity contribution in [2.45, 2.75) is 6.92 Å². The minimum atomic E-state index is 0. The smallest absolute Gasteiger partial charge is 0.389 e. The molecule has 0 aliphatic carbocycles. The highest BCUT2D eigenvalue weighted by Crippen LogP contribution is 1.94. The zero-order valence-corrected chi connectivity index (χ0v) is 8.41. The Morgan fingerprint density at radius 2 is 2.00 bits per heavy atom. The van der Waals surface area contributed by atoms with Crippen LogP contribution in [0.3, 0.4) is 0 Å². The topological polar surface area (TPSA) is 20.9 Å². The number of rotatable bonds is 1.